The molecule has 2 aromatic rings. The summed E-state index contributed by atoms with van der Waals surface area (Å²) in [6, 6.07) is 1.85. The predicted molar refractivity (Wildman–Crippen MR) is 159 cm³/mol. The van der Waals surface area contributed by atoms with Crippen LogP contribution in [0.2, 0.25) is 0 Å². The number of rotatable bonds is 12. The number of benzene rings is 1. The van der Waals surface area contributed by atoms with Gasteiger partial charge in [0, 0.05) is 58.3 Å². The highest BCUT2D eigenvalue weighted by Crippen LogP contribution is 2.38. The largest absolute Gasteiger partial charge is 0.417 e. The number of hydrogen-bond donors (Lipinski definition) is 2. The first kappa shape index (κ1) is 37.7. The Labute approximate surface area is 266 Å². The first-order chi connectivity index (χ1) is 21.8. The summed E-state index contributed by atoms with van der Waals surface area (Å²) in [6.45, 7) is 4.74. The van der Waals surface area contributed by atoms with Crippen molar-refractivity contribution in [3.63, 3.8) is 0 Å². The third-order valence-corrected chi connectivity index (χ3v) is 8.09. The SMILES string of the molecule is C=NN(C)/N=C(\N)N(Cc1cc(C(F)(F)F)cc(C(F)(F)F)c1)Cc1cc(C(F)(F)F)cnc1N(CC)CC1CCC(CCO)CC1. The van der Waals surface area contributed by atoms with Crippen LogP contribution in [-0.2, 0) is 31.6 Å². The molecular weight excluding hydrogens is 645 g/mol. The average Bonchev–Trinajstić information content (AvgIpc) is 2.99. The molecule has 0 aliphatic heterocycles. The minimum Gasteiger partial charge on any atom is -0.396 e. The smallest absolute Gasteiger partial charge is 0.396 e. The highest BCUT2D eigenvalue weighted by atomic mass is 19.4. The predicted octanol–water partition coefficient (Wildman–Crippen LogP) is 6.93. The first-order valence-corrected chi connectivity index (χ1v) is 14.8. The van der Waals surface area contributed by atoms with E-state index in [4.69, 9.17) is 5.73 Å². The highest BCUT2D eigenvalue weighted by molar-refractivity contribution is 5.78. The number of hydrogen-bond acceptors (Lipinski definition) is 6. The van der Waals surface area contributed by atoms with Crippen LogP contribution in [0.3, 0.4) is 0 Å². The maximum Gasteiger partial charge on any atom is 0.417 e. The molecule has 47 heavy (non-hydrogen) atoms. The monoisotopic (exact) mass is 683 g/mol. The van der Waals surface area contributed by atoms with Crippen molar-refractivity contribution < 1.29 is 44.6 Å². The second kappa shape index (κ2) is 15.4. The van der Waals surface area contributed by atoms with Crippen molar-refractivity contribution >= 4 is 18.5 Å². The Morgan fingerprint density at radius 3 is 1.94 bits per heavy atom. The van der Waals surface area contributed by atoms with Gasteiger partial charge in [-0.1, -0.05) is 12.8 Å². The molecule has 1 aromatic carbocycles. The molecule has 8 nitrogen and oxygen atoms in total. The Hall–Kier alpha value is -3.76. The lowest BCUT2D eigenvalue weighted by Crippen LogP contribution is -2.39. The van der Waals surface area contributed by atoms with Gasteiger partial charge in [0.25, 0.3) is 0 Å². The zero-order chi connectivity index (χ0) is 35.2. The van der Waals surface area contributed by atoms with Crippen molar-refractivity contribution in [3.05, 3.63) is 58.3 Å². The van der Waals surface area contributed by atoms with Gasteiger partial charge in [-0.05, 0) is 67.9 Å². The molecule has 0 amide bonds. The molecule has 262 valence electrons. The van der Waals surface area contributed by atoms with Crippen molar-refractivity contribution in [1.29, 1.82) is 0 Å². The minimum atomic E-state index is -5.12. The number of aliphatic hydroxyl groups is 1. The van der Waals surface area contributed by atoms with Gasteiger partial charge in [0.15, 0.2) is 0 Å². The number of pyridine rings is 1. The number of aromatic nitrogens is 1. The summed E-state index contributed by atoms with van der Waals surface area (Å²) < 4.78 is 123. The standard InChI is InChI=1S/C30H38F9N7O/c1-4-45(16-20-7-5-19(6-8-20)9-10-47)26-22(13-25(15-42-26)30(37,38)39)18-46(27(40)43-44(3)41-2)17-21-11-23(28(31,32)33)14-24(12-21)29(34,35)36/h11-15,19-20,47H,2,4-10,16-18H2,1,3H3,(H2,40,43). The van der Waals surface area contributed by atoms with Crippen LogP contribution in [0.25, 0.3) is 0 Å². The number of nitrogens with two attached hydrogens (primary N) is 1. The summed E-state index contributed by atoms with van der Waals surface area (Å²) in [4.78, 5) is 6.99. The zero-order valence-corrected chi connectivity index (χ0v) is 25.9. The van der Waals surface area contributed by atoms with Crippen LogP contribution in [0.15, 0.2) is 40.7 Å². The van der Waals surface area contributed by atoms with Gasteiger partial charge in [0.1, 0.15) is 5.82 Å². The van der Waals surface area contributed by atoms with E-state index in [-0.39, 0.29) is 30.0 Å². The minimum absolute atomic E-state index is 0.0219. The van der Waals surface area contributed by atoms with E-state index in [9.17, 15) is 44.6 Å². The van der Waals surface area contributed by atoms with Crippen molar-refractivity contribution in [3.8, 4) is 0 Å². The van der Waals surface area contributed by atoms with E-state index in [1.807, 2.05) is 0 Å². The number of anilines is 1. The Bertz CT molecular complexity index is 1340. The van der Waals surface area contributed by atoms with E-state index < -0.39 is 59.8 Å². The average molecular weight is 684 g/mol. The number of alkyl halides is 9. The van der Waals surface area contributed by atoms with E-state index >= 15 is 0 Å². The molecule has 1 aliphatic rings. The second-order valence-corrected chi connectivity index (χ2v) is 11.5. The summed E-state index contributed by atoms with van der Waals surface area (Å²) in [5.74, 6) is 0.270. The van der Waals surface area contributed by atoms with E-state index in [1.165, 1.54) is 7.05 Å². The van der Waals surface area contributed by atoms with Crippen LogP contribution in [-0.4, -0.2) is 59.5 Å². The van der Waals surface area contributed by atoms with Crippen LogP contribution in [0.5, 0.6) is 0 Å². The molecule has 1 fully saturated rings. The number of nitrogens with zero attached hydrogens (tertiary/aromatic N) is 6. The Morgan fingerprint density at radius 1 is 0.894 bits per heavy atom. The molecule has 3 N–H and O–H groups in total. The van der Waals surface area contributed by atoms with Gasteiger partial charge in [-0.3, -0.25) is 0 Å². The molecule has 0 radical (unpaired) electrons. The second-order valence-electron chi connectivity index (χ2n) is 11.5. The van der Waals surface area contributed by atoms with Crippen molar-refractivity contribution in [2.45, 2.75) is 70.6 Å². The molecule has 1 heterocycles. The zero-order valence-electron chi connectivity index (χ0n) is 25.9. The van der Waals surface area contributed by atoms with Crippen LogP contribution in [0.4, 0.5) is 45.3 Å². The van der Waals surface area contributed by atoms with Crippen molar-refractivity contribution in [1.82, 2.24) is 15.0 Å². The number of guanidine groups is 1. The number of hydrazone groups is 2. The molecule has 3 rings (SSSR count). The fourth-order valence-corrected chi connectivity index (χ4v) is 5.62. The molecular formula is C30H38F9N7O. The Balaban J connectivity index is 2.08. The lowest BCUT2D eigenvalue weighted by atomic mass is 9.80. The lowest BCUT2D eigenvalue weighted by Gasteiger charge is -2.34. The quantitative estimate of drug-likeness (QED) is 0.109. The van der Waals surface area contributed by atoms with Gasteiger partial charge in [-0.15, -0.1) is 5.10 Å². The van der Waals surface area contributed by atoms with E-state index in [0.29, 0.717) is 43.8 Å². The third kappa shape index (κ3) is 10.6. The van der Waals surface area contributed by atoms with Crippen LogP contribution >= 0.6 is 0 Å². The molecule has 0 unspecified atom stereocenters. The Morgan fingerprint density at radius 2 is 1.45 bits per heavy atom. The molecule has 0 atom stereocenters. The van der Waals surface area contributed by atoms with E-state index in [2.05, 4.69) is 21.9 Å². The summed E-state index contributed by atoms with van der Waals surface area (Å²) in [5, 5.41) is 17.6. The molecule has 1 aromatic heterocycles. The normalized spacial score (nSPS) is 17.8. The fraction of sp³-hybridized carbons (Fsp3) is 0.567. The van der Waals surface area contributed by atoms with Crippen LogP contribution in [0.1, 0.15) is 66.8 Å². The molecule has 1 saturated carbocycles. The molecule has 1 aliphatic carbocycles. The van der Waals surface area contributed by atoms with E-state index in [0.717, 1.165) is 41.8 Å². The number of aliphatic hydroxyl groups excluding tert-OH is 1. The summed E-state index contributed by atoms with van der Waals surface area (Å²) in [7, 11) is 1.30. The topological polar surface area (TPSA) is 93.6 Å². The maximum absolute atomic E-state index is 13.9. The van der Waals surface area contributed by atoms with Gasteiger partial charge in [0.2, 0.25) is 5.96 Å². The fourth-order valence-electron chi connectivity index (χ4n) is 5.62. The lowest BCUT2D eigenvalue weighted by molar-refractivity contribution is -0.143. The number of halogens is 9. The van der Waals surface area contributed by atoms with Crippen LogP contribution in [0, 0.1) is 11.8 Å². The maximum atomic E-state index is 13.9. The summed E-state index contributed by atoms with van der Waals surface area (Å²) in [6.07, 6.45) is -10.2. The Kier molecular flexibility index (Phi) is 12.4. The van der Waals surface area contributed by atoms with Gasteiger partial charge < -0.3 is 20.6 Å². The highest BCUT2D eigenvalue weighted by Gasteiger charge is 2.37. The van der Waals surface area contributed by atoms with Gasteiger partial charge in [0.05, 0.1) is 16.7 Å². The van der Waals surface area contributed by atoms with E-state index in [1.54, 1.807) is 11.8 Å². The van der Waals surface area contributed by atoms with Crippen molar-refractivity contribution in [2.24, 2.45) is 27.8 Å². The summed E-state index contributed by atoms with van der Waals surface area (Å²) in [5.41, 5.74) is 1.43. The molecule has 0 saturated heterocycles. The summed E-state index contributed by atoms with van der Waals surface area (Å²) >= 11 is 0. The van der Waals surface area contributed by atoms with Crippen molar-refractivity contribution in [2.75, 3.05) is 31.6 Å². The third-order valence-electron chi connectivity index (χ3n) is 8.09. The van der Waals surface area contributed by atoms with Gasteiger partial charge in [-0.25, -0.2) is 4.98 Å². The molecule has 17 heteroatoms. The van der Waals surface area contributed by atoms with Crippen LogP contribution < -0.4 is 10.6 Å². The van der Waals surface area contributed by atoms with Gasteiger partial charge >= 0.3 is 18.5 Å². The molecule has 0 bridgehead atoms. The van der Waals surface area contributed by atoms with Gasteiger partial charge in [-0.2, -0.15) is 49.7 Å². The molecule has 0 spiro atoms. The first-order valence-electron chi connectivity index (χ1n) is 14.8.